The summed E-state index contributed by atoms with van der Waals surface area (Å²) in [5, 5.41) is 14.3. The van der Waals surface area contributed by atoms with E-state index in [4.69, 9.17) is 5.73 Å². The molecule has 0 amide bonds. The van der Waals surface area contributed by atoms with E-state index in [0.29, 0.717) is 17.3 Å². The summed E-state index contributed by atoms with van der Waals surface area (Å²) in [5.41, 5.74) is 4.82. The van der Waals surface area contributed by atoms with Gasteiger partial charge in [-0.3, -0.25) is 0 Å². The first-order valence-corrected chi connectivity index (χ1v) is 6.41. The van der Waals surface area contributed by atoms with Gasteiger partial charge in [-0.2, -0.15) is 11.8 Å². The Bertz CT molecular complexity index is 288. The molecule has 0 aromatic carbocycles. The number of rotatable bonds is 5. The van der Waals surface area contributed by atoms with E-state index in [0.717, 1.165) is 5.13 Å². The molecule has 1 unspecified atom stereocenters. The predicted octanol–water partition coefficient (Wildman–Crippen LogP) is 1.25. The zero-order valence-corrected chi connectivity index (χ0v) is 9.91. The summed E-state index contributed by atoms with van der Waals surface area (Å²) in [6.45, 7) is 2.29. The van der Waals surface area contributed by atoms with Gasteiger partial charge in [0.25, 0.3) is 0 Å². The van der Waals surface area contributed by atoms with Gasteiger partial charge in [0.15, 0.2) is 5.13 Å². The van der Waals surface area contributed by atoms with E-state index < -0.39 is 5.60 Å². The molecule has 0 spiro atoms. The fourth-order valence-corrected chi connectivity index (χ4v) is 2.30. The number of thiazole rings is 1. The number of nitrogens with one attached hydrogen (secondary N) is 1. The number of nitrogen functional groups attached to an aromatic ring is 1. The summed E-state index contributed by atoms with van der Waals surface area (Å²) in [5.74, 6) is 0.695. The van der Waals surface area contributed by atoms with Gasteiger partial charge in [-0.25, -0.2) is 4.98 Å². The van der Waals surface area contributed by atoms with Crippen molar-refractivity contribution < 1.29 is 5.11 Å². The zero-order valence-electron chi connectivity index (χ0n) is 8.28. The third kappa shape index (κ3) is 3.73. The van der Waals surface area contributed by atoms with Crippen molar-refractivity contribution in [3.05, 3.63) is 6.20 Å². The predicted molar refractivity (Wildman–Crippen MR) is 64.0 cm³/mol. The van der Waals surface area contributed by atoms with Gasteiger partial charge in [-0.15, -0.1) is 0 Å². The van der Waals surface area contributed by atoms with E-state index in [1.165, 1.54) is 11.3 Å². The number of aliphatic hydroxyl groups is 1. The van der Waals surface area contributed by atoms with Gasteiger partial charge in [0.05, 0.1) is 11.8 Å². The standard InChI is InChI=1S/C8H15N3OS2/c1-8(12,5-13-2)4-11-7-10-3-6(9)14-7/h3,12H,4-5,9H2,1-2H3,(H,10,11). The van der Waals surface area contributed by atoms with Gasteiger partial charge >= 0.3 is 0 Å². The number of thioether (sulfide) groups is 1. The highest BCUT2D eigenvalue weighted by atomic mass is 32.2. The Kier molecular flexibility index (Phi) is 4.03. The van der Waals surface area contributed by atoms with Crippen molar-refractivity contribution in [1.82, 2.24) is 4.98 Å². The third-order valence-corrected chi connectivity index (χ3v) is 3.29. The van der Waals surface area contributed by atoms with Crippen molar-refractivity contribution in [2.45, 2.75) is 12.5 Å². The summed E-state index contributed by atoms with van der Waals surface area (Å²) in [6.07, 6.45) is 3.58. The van der Waals surface area contributed by atoms with E-state index in [-0.39, 0.29) is 0 Å². The second-order valence-electron chi connectivity index (χ2n) is 3.35. The highest BCUT2D eigenvalue weighted by Gasteiger charge is 2.19. The molecule has 80 valence electrons. The SMILES string of the molecule is CSCC(C)(O)CNc1ncc(N)s1. The van der Waals surface area contributed by atoms with Crippen LogP contribution in [0.3, 0.4) is 0 Å². The molecule has 1 aromatic rings. The molecule has 0 radical (unpaired) electrons. The Morgan fingerprint density at radius 2 is 2.50 bits per heavy atom. The van der Waals surface area contributed by atoms with Crippen LogP contribution in [0.5, 0.6) is 0 Å². The Hall–Kier alpha value is -0.460. The molecule has 6 heteroatoms. The van der Waals surface area contributed by atoms with Gasteiger partial charge in [-0.1, -0.05) is 11.3 Å². The number of hydrogen-bond donors (Lipinski definition) is 3. The second kappa shape index (κ2) is 4.86. The van der Waals surface area contributed by atoms with E-state index >= 15 is 0 Å². The molecule has 0 saturated heterocycles. The Morgan fingerprint density at radius 1 is 1.79 bits per heavy atom. The summed E-state index contributed by atoms with van der Waals surface area (Å²) in [4.78, 5) is 4.04. The van der Waals surface area contributed by atoms with Crippen molar-refractivity contribution >= 4 is 33.2 Å². The Balaban J connectivity index is 2.40. The number of hydrogen-bond acceptors (Lipinski definition) is 6. The molecule has 0 saturated carbocycles. The van der Waals surface area contributed by atoms with Crippen LogP contribution in [0, 0.1) is 0 Å². The first-order chi connectivity index (χ1) is 6.53. The summed E-state index contributed by atoms with van der Waals surface area (Å²) in [6, 6.07) is 0. The van der Waals surface area contributed by atoms with Crippen molar-refractivity contribution in [3.8, 4) is 0 Å². The normalized spacial score (nSPS) is 15.1. The fourth-order valence-electron chi connectivity index (χ4n) is 0.996. The summed E-state index contributed by atoms with van der Waals surface area (Å²) >= 11 is 3.00. The van der Waals surface area contributed by atoms with Gasteiger partial charge in [0.2, 0.25) is 0 Å². The Labute approximate surface area is 91.9 Å². The van der Waals surface area contributed by atoms with E-state index in [1.54, 1.807) is 24.9 Å². The van der Waals surface area contributed by atoms with Crippen LogP contribution in [0.25, 0.3) is 0 Å². The minimum atomic E-state index is -0.708. The molecule has 0 aliphatic heterocycles. The molecule has 1 atom stereocenters. The van der Waals surface area contributed by atoms with Crippen LogP contribution in [0.2, 0.25) is 0 Å². The summed E-state index contributed by atoms with van der Waals surface area (Å²) in [7, 11) is 0. The van der Waals surface area contributed by atoms with Crippen molar-refractivity contribution in [1.29, 1.82) is 0 Å². The first kappa shape index (κ1) is 11.6. The zero-order chi connectivity index (χ0) is 10.6. The lowest BCUT2D eigenvalue weighted by Crippen LogP contribution is -2.35. The molecular formula is C8H15N3OS2. The molecule has 0 aliphatic rings. The van der Waals surface area contributed by atoms with Crippen LogP contribution in [0.4, 0.5) is 10.1 Å². The lowest BCUT2D eigenvalue weighted by Gasteiger charge is -2.22. The highest BCUT2D eigenvalue weighted by Crippen LogP contribution is 2.20. The fraction of sp³-hybridized carbons (Fsp3) is 0.625. The molecule has 1 aromatic heterocycles. The average molecular weight is 233 g/mol. The maximum absolute atomic E-state index is 9.84. The molecule has 1 heterocycles. The van der Waals surface area contributed by atoms with Gasteiger partial charge in [-0.05, 0) is 13.2 Å². The lowest BCUT2D eigenvalue weighted by atomic mass is 10.1. The Morgan fingerprint density at radius 3 is 3.00 bits per heavy atom. The molecule has 4 N–H and O–H groups in total. The minimum absolute atomic E-state index is 0.487. The van der Waals surface area contributed by atoms with Crippen LogP contribution in [0.1, 0.15) is 6.92 Å². The van der Waals surface area contributed by atoms with Crippen LogP contribution in [0.15, 0.2) is 6.20 Å². The molecule has 4 nitrogen and oxygen atoms in total. The molecular weight excluding hydrogens is 218 g/mol. The van der Waals surface area contributed by atoms with Crippen LogP contribution in [-0.2, 0) is 0 Å². The molecule has 0 aliphatic carbocycles. The van der Waals surface area contributed by atoms with Crippen LogP contribution >= 0.6 is 23.1 Å². The van der Waals surface area contributed by atoms with E-state index in [2.05, 4.69) is 10.3 Å². The quantitative estimate of drug-likeness (QED) is 0.714. The number of nitrogens with two attached hydrogens (primary N) is 1. The van der Waals surface area contributed by atoms with Crippen LogP contribution < -0.4 is 11.1 Å². The smallest absolute Gasteiger partial charge is 0.184 e. The molecule has 0 fully saturated rings. The average Bonchev–Trinajstić information content (AvgIpc) is 2.48. The molecule has 1 rings (SSSR count). The molecule has 0 bridgehead atoms. The van der Waals surface area contributed by atoms with Crippen molar-refractivity contribution in [3.63, 3.8) is 0 Å². The van der Waals surface area contributed by atoms with Crippen molar-refractivity contribution in [2.24, 2.45) is 0 Å². The first-order valence-electron chi connectivity index (χ1n) is 4.20. The maximum Gasteiger partial charge on any atom is 0.184 e. The largest absolute Gasteiger partial charge is 0.389 e. The van der Waals surface area contributed by atoms with E-state index in [9.17, 15) is 5.11 Å². The number of anilines is 2. The van der Waals surface area contributed by atoms with Gasteiger partial charge < -0.3 is 16.2 Å². The monoisotopic (exact) mass is 233 g/mol. The number of aromatic nitrogens is 1. The second-order valence-corrected chi connectivity index (χ2v) is 5.28. The third-order valence-electron chi connectivity index (χ3n) is 1.60. The highest BCUT2D eigenvalue weighted by molar-refractivity contribution is 7.98. The topological polar surface area (TPSA) is 71.2 Å². The summed E-state index contributed by atoms with van der Waals surface area (Å²) < 4.78 is 0. The number of nitrogens with zero attached hydrogens (tertiary/aromatic N) is 1. The molecule has 14 heavy (non-hydrogen) atoms. The van der Waals surface area contributed by atoms with E-state index in [1.807, 2.05) is 6.26 Å². The maximum atomic E-state index is 9.84. The van der Waals surface area contributed by atoms with Crippen LogP contribution in [-0.4, -0.2) is 34.2 Å². The van der Waals surface area contributed by atoms with Gasteiger partial charge in [0.1, 0.15) is 5.00 Å². The van der Waals surface area contributed by atoms with Gasteiger partial charge in [0, 0.05) is 12.3 Å². The minimum Gasteiger partial charge on any atom is -0.389 e. The lowest BCUT2D eigenvalue weighted by molar-refractivity contribution is 0.0997. The van der Waals surface area contributed by atoms with Crippen molar-refractivity contribution in [2.75, 3.05) is 29.6 Å².